The maximum atomic E-state index is 12.7. The van der Waals surface area contributed by atoms with E-state index in [0.29, 0.717) is 22.3 Å². The average Bonchev–Trinajstić information content (AvgIpc) is 2.73. The maximum absolute atomic E-state index is 12.7. The van der Waals surface area contributed by atoms with Gasteiger partial charge in [-0.2, -0.15) is 0 Å². The molecule has 0 saturated heterocycles. The number of carboxylic acids is 1. The monoisotopic (exact) mass is 375 g/mol. The molecule has 0 saturated carbocycles. The third kappa shape index (κ3) is 3.40. The normalized spacial score (nSPS) is 12.8. The van der Waals surface area contributed by atoms with Crippen LogP contribution < -0.4 is 0 Å². The van der Waals surface area contributed by atoms with Crippen molar-refractivity contribution in [2.45, 2.75) is 12.3 Å². The van der Waals surface area contributed by atoms with E-state index >= 15 is 0 Å². The fourth-order valence-electron chi connectivity index (χ4n) is 3.06. The van der Waals surface area contributed by atoms with E-state index in [2.05, 4.69) is 0 Å². The topological polar surface area (TPSA) is 97.5 Å². The van der Waals surface area contributed by atoms with Crippen LogP contribution >= 0.6 is 0 Å². The van der Waals surface area contributed by atoms with Gasteiger partial charge in [0.25, 0.3) is 5.69 Å². The lowest BCUT2D eigenvalue weighted by molar-refractivity contribution is -0.384. The molecular weight excluding hydrogens is 358 g/mol. The van der Waals surface area contributed by atoms with Crippen molar-refractivity contribution in [1.82, 2.24) is 0 Å². The minimum atomic E-state index is -1.47. The van der Waals surface area contributed by atoms with Crippen LogP contribution in [-0.2, 0) is 10.2 Å². The van der Waals surface area contributed by atoms with Gasteiger partial charge in [-0.25, -0.2) is 0 Å². The minimum Gasteiger partial charge on any atom is -0.480 e. The molecule has 3 aromatic carbocycles. The first kappa shape index (κ1) is 19.0. The van der Waals surface area contributed by atoms with Gasteiger partial charge in [0.2, 0.25) is 0 Å². The van der Waals surface area contributed by atoms with Gasteiger partial charge in [0, 0.05) is 23.3 Å². The summed E-state index contributed by atoms with van der Waals surface area (Å²) in [7, 11) is 0. The van der Waals surface area contributed by atoms with Gasteiger partial charge >= 0.3 is 5.97 Å². The molecule has 0 aliphatic heterocycles. The smallest absolute Gasteiger partial charge is 0.318 e. The summed E-state index contributed by atoms with van der Waals surface area (Å²) in [6, 6.07) is 20.6. The maximum Gasteiger partial charge on any atom is 0.318 e. The van der Waals surface area contributed by atoms with Crippen LogP contribution in [0.5, 0.6) is 0 Å². The van der Waals surface area contributed by atoms with Gasteiger partial charge in [0.1, 0.15) is 5.41 Å². The van der Waals surface area contributed by atoms with Crippen molar-refractivity contribution in [3.8, 4) is 0 Å². The van der Waals surface area contributed by atoms with Crippen LogP contribution in [0.4, 0.5) is 5.69 Å². The van der Waals surface area contributed by atoms with Crippen LogP contribution in [0.15, 0.2) is 78.9 Å². The Morgan fingerprint density at radius 1 is 0.857 bits per heavy atom. The zero-order chi connectivity index (χ0) is 20.3. The van der Waals surface area contributed by atoms with E-state index in [1.807, 2.05) is 6.07 Å². The number of carbonyl (C=O) groups is 2. The van der Waals surface area contributed by atoms with Crippen LogP contribution in [0.1, 0.15) is 34.0 Å². The molecular formula is C22H17NO5. The van der Waals surface area contributed by atoms with Crippen molar-refractivity contribution in [1.29, 1.82) is 0 Å². The first-order chi connectivity index (χ1) is 13.3. The molecule has 1 N–H and O–H groups in total. The van der Waals surface area contributed by atoms with E-state index < -0.39 is 16.3 Å². The van der Waals surface area contributed by atoms with Crippen LogP contribution in [-0.4, -0.2) is 21.8 Å². The number of nitro groups is 1. The predicted octanol–water partition coefficient (Wildman–Crippen LogP) is 4.22. The Hall–Kier alpha value is -3.80. The number of non-ortho nitro benzene ring substituents is 1. The zero-order valence-corrected chi connectivity index (χ0v) is 15.0. The first-order valence-electron chi connectivity index (χ1n) is 8.52. The molecule has 1 atom stereocenters. The number of carboxylic acid groups (broad SMARTS) is 1. The van der Waals surface area contributed by atoms with Crippen LogP contribution in [0.25, 0.3) is 0 Å². The SMILES string of the molecule is CC(C(=O)O)(c1ccc([N+](=O)[O-])cc1)c1cccc(C(=O)c2ccccc2)c1. The molecule has 6 heteroatoms. The summed E-state index contributed by atoms with van der Waals surface area (Å²) in [5, 5.41) is 20.8. The second-order valence-corrected chi connectivity index (χ2v) is 6.51. The van der Waals surface area contributed by atoms with Crippen molar-refractivity contribution in [2.24, 2.45) is 0 Å². The summed E-state index contributed by atoms with van der Waals surface area (Å²) < 4.78 is 0. The fraction of sp³-hybridized carbons (Fsp3) is 0.0909. The molecule has 3 aromatic rings. The van der Waals surface area contributed by atoms with Gasteiger partial charge in [0.15, 0.2) is 5.78 Å². The summed E-state index contributed by atoms with van der Waals surface area (Å²) in [5.41, 5.74) is 0.0856. The van der Waals surface area contributed by atoms with Crippen molar-refractivity contribution >= 4 is 17.4 Å². The van der Waals surface area contributed by atoms with Crippen molar-refractivity contribution < 1.29 is 19.6 Å². The molecule has 0 fully saturated rings. The Bertz CT molecular complexity index is 1040. The van der Waals surface area contributed by atoms with Crippen LogP contribution in [0.3, 0.4) is 0 Å². The molecule has 6 nitrogen and oxygen atoms in total. The number of aliphatic carboxylic acids is 1. The molecule has 0 heterocycles. The number of rotatable bonds is 6. The van der Waals surface area contributed by atoms with E-state index in [-0.39, 0.29) is 11.5 Å². The number of hydrogen-bond donors (Lipinski definition) is 1. The second kappa shape index (κ2) is 7.44. The predicted molar refractivity (Wildman–Crippen MR) is 104 cm³/mol. The van der Waals surface area contributed by atoms with Crippen molar-refractivity contribution in [3.63, 3.8) is 0 Å². The molecule has 1 unspecified atom stereocenters. The molecule has 0 aromatic heterocycles. The number of carbonyl (C=O) groups excluding carboxylic acids is 1. The first-order valence-corrected chi connectivity index (χ1v) is 8.52. The quantitative estimate of drug-likeness (QED) is 0.395. The van der Waals surface area contributed by atoms with Gasteiger partial charge in [-0.15, -0.1) is 0 Å². The summed E-state index contributed by atoms with van der Waals surface area (Å²) in [4.78, 5) is 35.2. The van der Waals surface area contributed by atoms with E-state index in [4.69, 9.17) is 0 Å². The molecule has 0 aliphatic carbocycles. The molecule has 0 radical (unpaired) electrons. The van der Waals surface area contributed by atoms with Gasteiger partial charge in [0.05, 0.1) is 4.92 Å². The Morgan fingerprint density at radius 2 is 1.46 bits per heavy atom. The largest absolute Gasteiger partial charge is 0.480 e. The third-order valence-corrected chi connectivity index (χ3v) is 4.82. The summed E-state index contributed by atoms with van der Waals surface area (Å²) >= 11 is 0. The zero-order valence-electron chi connectivity index (χ0n) is 15.0. The second-order valence-electron chi connectivity index (χ2n) is 6.51. The third-order valence-electron chi connectivity index (χ3n) is 4.82. The van der Waals surface area contributed by atoms with Crippen molar-refractivity contribution in [3.05, 3.63) is 111 Å². The average molecular weight is 375 g/mol. The van der Waals surface area contributed by atoms with Gasteiger partial charge in [-0.1, -0.05) is 60.7 Å². The Morgan fingerprint density at radius 3 is 2.04 bits per heavy atom. The lowest BCUT2D eigenvalue weighted by Crippen LogP contribution is -2.33. The number of benzene rings is 3. The molecule has 28 heavy (non-hydrogen) atoms. The van der Waals surface area contributed by atoms with E-state index in [1.54, 1.807) is 48.5 Å². The summed E-state index contributed by atoms with van der Waals surface area (Å²) in [6.07, 6.45) is 0. The molecule has 140 valence electrons. The number of nitro benzene ring substituents is 1. The van der Waals surface area contributed by atoms with Gasteiger partial charge in [-0.3, -0.25) is 19.7 Å². The van der Waals surface area contributed by atoms with E-state index in [0.717, 1.165) is 0 Å². The van der Waals surface area contributed by atoms with Crippen molar-refractivity contribution in [2.75, 3.05) is 0 Å². The summed E-state index contributed by atoms with van der Waals surface area (Å²) in [6.45, 7) is 1.52. The highest BCUT2D eigenvalue weighted by Gasteiger charge is 2.38. The molecule has 3 rings (SSSR count). The highest BCUT2D eigenvalue weighted by Crippen LogP contribution is 2.34. The molecule has 0 spiro atoms. The lowest BCUT2D eigenvalue weighted by atomic mass is 9.75. The molecule has 0 bridgehead atoms. The van der Waals surface area contributed by atoms with E-state index in [1.165, 1.54) is 31.2 Å². The van der Waals surface area contributed by atoms with Gasteiger partial charge in [-0.05, 0) is 24.1 Å². The standard InChI is InChI=1S/C22H17NO5/c1-22(21(25)26,17-10-12-19(13-11-17)23(27)28)18-9-5-8-16(14-18)20(24)15-6-3-2-4-7-15/h2-14H,1H3,(H,25,26). The minimum absolute atomic E-state index is 0.121. The fourth-order valence-corrected chi connectivity index (χ4v) is 3.06. The van der Waals surface area contributed by atoms with Crippen LogP contribution in [0.2, 0.25) is 0 Å². The lowest BCUT2D eigenvalue weighted by Gasteiger charge is -2.26. The van der Waals surface area contributed by atoms with Crippen LogP contribution in [0, 0.1) is 10.1 Å². The van der Waals surface area contributed by atoms with Gasteiger partial charge < -0.3 is 5.11 Å². The Labute approximate surface area is 161 Å². The molecule has 0 aliphatic rings. The molecule has 0 amide bonds. The summed E-state index contributed by atoms with van der Waals surface area (Å²) in [5.74, 6) is -1.33. The Balaban J connectivity index is 2.07. The Kier molecular flexibility index (Phi) is 5.04. The highest BCUT2D eigenvalue weighted by atomic mass is 16.6. The number of nitrogens with zero attached hydrogens (tertiary/aromatic N) is 1. The van der Waals surface area contributed by atoms with E-state index in [9.17, 15) is 24.8 Å². The highest BCUT2D eigenvalue weighted by molar-refractivity contribution is 6.09. The number of ketones is 1. The number of hydrogen-bond acceptors (Lipinski definition) is 4.